The van der Waals surface area contributed by atoms with Crippen molar-refractivity contribution in [3.8, 4) is 11.3 Å². The number of hydrogen-bond donors (Lipinski definition) is 0. The lowest BCUT2D eigenvalue weighted by Gasteiger charge is -2.32. The third-order valence-electron chi connectivity index (χ3n) is 5.34. The van der Waals surface area contributed by atoms with Crippen LogP contribution in [0.15, 0.2) is 41.2 Å². The second kappa shape index (κ2) is 7.56. The van der Waals surface area contributed by atoms with Gasteiger partial charge in [-0.05, 0) is 75.5 Å². The molecule has 0 atom stereocenters. The highest BCUT2D eigenvalue weighted by Crippen LogP contribution is 2.32. The highest BCUT2D eigenvalue weighted by Gasteiger charge is 2.23. The van der Waals surface area contributed by atoms with E-state index in [0.717, 1.165) is 48.6 Å². The Hall–Kier alpha value is -2.60. The lowest BCUT2D eigenvalue weighted by atomic mass is 9.89. The highest BCUT2D eigenvalue weighted by atomic mass is 19.1. The van der Waals surface area contributed by atoms with Gasteiger partial charge in [0.25, 0.3) is 0 Å². The van der Waals surface area contributed by atoms with Crippen LogP contribution in [0.25, 0.3) is 11.3 Å². The fourth-order valence-electron chi connectivity index (χ4n) is 3.86. The largest absolute Gasteiger partial charge is 0.361 e. The second-order valence-electron chi connectivity index (χ2n) is 7.16. The summed E-state index contributed by atoms with van der Waals surface area (Å²) in [6.07, 6.45) is 5.60. The zero-order valence-electron chi connectivity index (χ0n) is 15.7. The first kappa shape index (κ1) is 17.8. The van der Waals surface area contributed by atoms with E-state index in [4.69, 9.17) is 4.52 Å². The fourth-order valence-corrected chi connectivity index (χ4v) is 3.86. The smallest absolute Gasteiger partial charge is 0.146 e. The van der Waals surface area contributed by atoms with Gasteiger partial charge in [-0.15, -0.1) is 0 Å². The summed E-state index contributed by atoms with van der Waals surface area (Å²) >= 11 is 0. The van der Waals surface area contributed by atoms with Gasteiger partial charge in [-0.3, -0.25) is 14.9 Å². The lowest BCUT2D eigenvalue weighted by molar-refractivity contribution is 0.200. The quantitative estimate of drug-likeness (QED) is 0.690. The summed E-state index contributed by atoms with van der Waals surface area (Å²) in [6.45, 7) is 6.29. The van der Waals surface area contributed by atoms with Crippen molar-refractivity contribution >= 4 is 0 Å². The van der Waals surface area contributed by atoms with Gasteiger partial charge in [0.15, 0.2) is 0 Å². The fraction of sp³-hybridized carbons (Fsp3) is 0.381. The van der Waals surface area contributed by atoms with Crippen molar-refractivity contribution in [3.63, 3.8) is 0 Å². The molecule has 0 bridgehead atoms. The van der Waals surface area contributed by atoms with E-state index in [1.54, 1.807) is 12.3 Å². The molecule has 1 aliphatic heterocycles. The summed E-state index contributed by atoms with van der Waals surface area (Å²) in [4.78, 5) is 11.0. The molecule has 6 heteroatoms. The van der Waals surface area contributed by atoms with Crippen molar-refractivity contribution < 1.29 is 8.91 Å². The Morgan fingerprint density at radius 1 is 1.15 bits per heavy atom. The molecule has 140 valence electrons. The Balaban J connectivity index is 1.44. The van der Waals surface area contributed by atoms with Crippen LogP contribution in [0.1, 0.15) is 41.5 Å². The van der Waals surface area contributed by atoms with E-state index in [2.05, 4.69) is 32.2 Å². The first-order chi connectivity index (χ1) is 13.1. The number of likely N-dealkylation sites (tertiary alicyclic amines) is 1. The molecule has 0 aromatic carbocycles. The molecule has 1 fully saturated rings. The zero-order valence-corrected chi connectivity index (χ0v) is 15.7. The SMILES string of the molecule is Cc1noc(C)c1-c1cc(C2CCN(Cc3ncccc3F)CC2)ccn1. The van der Waals surface area contributed by atoms with E-state index in [1.807, 2.05) is 20.0 Å². The normalized spacial score (nSPS) is 16.0. The molecule has 1 aliphatic rings. The minimum atomic E-state index is -0.224. The summed E-state index contributed by atoms with van der Waals surface area (Å²) in [5.41, 5.74) is 4.59. The topological polar surface area (TPSA) is 55.1 Å². The molecule has 4 rings (SSSR count). The van der Waals surface area contributed by atoms with E-state index in [-0.39, 0.29) is 5.82 Å². The van der Waals surface area contributed by atoms with Crippen LogP contribution in [0.2, 0.25) is 0 Å². The molecular formula is C21H23FN4O. The van der Waals surface area contributed by atoms with Crippen LogP contribution in [0.4, 0.5) is 4.39 Å². The van der Waals surface area contributed by atoms with Gasteiger partial charge in [0, 0.05) is 18.9 Å². The van der Waals surface area contributed by atoms with Crippen molar-refractivity contribution in [2.24, 2.45) is 0 Å². The third kappa shape index (κ3) is 3.76. The van der Waals surface area contributed by atoms with Crippen LogP contribution < -0.4 is 0 Å². The minimum Gasteiger partial charge on any atom is -0.361 e. The molecule has 27 heavy (non-hydrogen) atoms. The molecule has 0 radical (unpaired) electrons. The summed E-state index contributed by atoms with van der Waals surface area (Å²) in [6, 6.07) is 7.36. The van der Waals surface area contributed by atoms with Gasteiger partial charge in [0.1, 0.15) is 11.6 Å². The molecule has 0 N–H and O–H groups in total. The average Bonchev–Trinajstić information content (AvgIpc) is 3.03. The van der Waals surface area contributed by atoms with Gasteiger partial charge >= 0.3 is 0 Å². The van der Waals surface area contributed by atoms with Crippen molar-refractivity contribution in [2.45, 2.75) is 39.2 Å². The molecular weight excluding hydrogens is 343 g/mol. The highest BCUT2D eigenvalue weighted by molar-refractivity contribution is 5.64. The first-order valence-corrected chi connectivity index (χ1v) is 9.33. The molecule has 0 saturated carbocycles. The number of halogens is 1. The maximum absolute atomic E-state index is 13.8. The Morgan fingerprint density at radius 3 is 2.67 bits per heavy atom. The number of rotatable bonds is 4. The lowest BCUT2D eigenvalue weighted by Crippen LogP contribution is -2.33. The number of hydrogen-bond acceptors (Lipinski definition) is 5. The molecule has 0 spiro atoms. The summed E-state index contributed by atoms with van der Waals surface area (Å²) < 4.78 is 19.1. The molecule has 5 nitrogen and oxygen atoms in total. The van der Waals surface area contributed by atoms with Crippen LogP contribution in [0.3, 0.4) is 0 Å². The molecule has 4 heterocycles. The Bertz CT molecular complexity index is 912. The van der Waals surface area contributed by atoms with E-state index in [9.17, 15) is 4.39 Å². The number of nitrogens with zero attached hydrogens (tertiary/aromatic N) is 4. The predicted octanol–water partition coefficient (Wildman–Crippen LogP) is 4.27. The monoisotopic (exact) mass is 366 g/mol. The predicted molar refractivity (Wildman–Crippen MR) is 101 cm³/mol. The Labute approximate surface area is 158 Å². The molecule has 0 amide bonds. The molecule has 0 unspecified atom stereocenters. The molecule has 1 saturated heterocycles. The van der Waals surface area contributed by atoms with Gasteiger partial charge in [-0.25, -0.2) is 4.39 Å². The van der Waals surface area contributed by atoms with Crippen LogP contribution in [0, 0.1) is 19.7 Å². The van der Waals surface area contributed by atoms with E-state index in [1.165, 1.54) is 11.6 Å². The number of aromatic nitrogens is 3. The van der Waals surface area contributed by atoms with Crippen LogP contribution in [-0.2, 0) is 6.54 Å². The molecule has 3 aromatic rings. The van der Waals surface area contributed by atoms with Gasteiger partial charge in [-0.1, -0.05) is 5.16 Å². The van der Waals surface area contributed by atoms with E-state index >= 15 is 0 Å². The van der Waals surface area contributed by atoms with Gasteiger partial charge in [-0.2, -0.15) is 0 Å². The second-order valence-corrected chi connectivity index (χ2v) is 7.16. The van der Waals surface area contributed by atoms with Crippen molar-refractivity contribution in [1.82, 2.24) is 20.0 Å². The molecule has 3 aromatic heterocycles. The number of aryl methyl sites for hydroxylation is 2. The minimum absolute atomic E-state index is 0.224. The third-order valence-corrected chi connectivity index (χ3v) is 5.34. The summed E-state index contributed by atoms with van der Waals surface area (Å²) in [5.74, 6) is 1.05. The van der Waals surface area contributed by atoms with Crippen molar-refractivity contribution in [3.05, 3.63) is 65.2 Å². The summed E-state index contributed by atoms with van der Waals surface area (Å²) in [7, 11) is 0. The zero-order chi connectivity index (χ0) is 18.8. The average molecular weight is 366 g/mol. The maximum atomic E-state index is 13.8. The first-order valence-electron chi connectivity index (χ1n) is 9.33. The summed E-state index contributed by atoms with van der Waals surface area (Å²) in [5, 5.41) is 4.03. The van der Waals surface area contributed by atoms with E-state index in [0.29, 0.717) is 18.2 Å². The van der Waals surface area contributed by atoms with Gasteiger partial charge in [0.05, 0.1) is 22.6 Å². The van der Waals surface area contributed by atoms with E-state index < -0.39 is 0 Å². The van der Waals surface area contributed by atoms with Crippen LogP contribution in [0.5, 0.6) is 0 Å². The van der Waals surface area contributed by atoms with Crippen LogP contribution >= 0.6 is 0 Å². The van der Waals surface area contributed by atoms with Gasteiger partial charge < -0.3 is 4.52 Å². The maximum Gasteiger partial charge on any atom is 0.146 e. The standard InChI is InChI=1S/C21H23FN4O/c1-14-21(15(2)27-25-14)19-12-17(5-9-24-19)16-6-10-26(11-7-16)13-20-18(22)4-3-8-23-20/h3-5,8-9,12,16H,6-7,10-11,13H2,1-2H3. The molecule has 0 aliphatic carbocycles. The van der Waals surface area contributed by atoms with Crippen molar-refractivity contribution in [1.29, 1.82) is 0 Å². The number of piperidine rings is 1. The van der Waals surface area contributed by atoms with Crippen molar-refractivity contribution in [2.75, 3.05) is 13.1 Å². The van der Waals surface area contributed by atoms with Crippen LogP contribution in [-0.4, -0.2) is 33.1 Å². The Kier molecular flexibility index (Phi) is 4.99. The number of pyridine rings is 2. The Morgan fingerprint density at radius 2 is 1.96 bits per heavy atom. The van der Waals surface area contributed by atoms with Gasteiger partial charge in [0.2, 0.25) is 0 Å².